The molecule has 0 fully saturated rings. The predicted molar refractivity (Wildman–Crippen MR) is 77.6 cm³/mol. The lowest BCUT2D eigenvalue weighted by molar-refractivity contribution is 0.0686. The van der Waals surface area contributed by atoms with Crippen molar-refractivity contribution < 1.29 is 9.90 Å². The smallest absolute Gasteiger partial charge is 0.354 e. The molecule has 0 saturated carbocycles. The van der Waals surface area contributed by atoms with E-state index in [0.29, 0.717) is 22.1 Å². The second-order valence-corrected chi connectivity index (χ2v) is 5.94. The number of carboxylic acid groups (broad SMARTS) is 1. The van der Waals surface area contributed by atoms with Gasteiger partial charge in [-0.15, -0.1) is 16.4 Å². The van der Waals surface area contributed by atoms with Gasteiger partial charge in [-0.2, -0.15) is 5.10 Å². The molecule has 0 spiro atoms. The minimum Gasteiger partial charge on any atom is -0.477 e. The number of nitrogens with zero attached hydrogens (tertiary/aromatic N) is 5. The number of aromatic carboxylic acids is 1. The summed E-state index contributed by atoms with van der Waals surface area (Å²) in [7, 11) is 1.57. The van der Waals surface area contributed by atoms with Crippen molar-refractivity contribution in [2.45, 2.75) is 6.54 Å². The molecule has 0 aliphatic carbocycles. The van der Waals surface area contributed by atoms with E-state index in [0.717, 1.165) is 5.56 Å². The van der Waals surface area contributed by atoms with Gasteiger partial charge in [0.1, 0.15) is 5.69 Å². The highest BCUT2D eigenvalue weighted by molar-refractivity contribution is 7.14. The van der Waals surface area contributed by atoms with Crippen LogP contribution in [-0.2, 0) is 13.6 Å². The second kappa shape index (κ2) is 5.30. The van der Waals surface area contributed by atoms with E-state index >= 15 is 0 Å². The van der Waals surface area contributed by atoms with Crippen molar-refractivity contribution in [2.24, 2.45) is 7.05 Å². The van der Waals surface area contributed by atoms with Crippen molar-refractivity contribution >= 4 is 28.9 Å². The number of carbonyl (C=O) groups is 1. The Morgan fingerprint density at radius 2 is 2.33 bits per heavy atom. The molecule has 3 aromatic heterocycles. The molecule has 3 heterocycles. The van der Waals surface area contributed by atoms with Gasteiger partial charge in [-0.25, -0.2) is 9.48 Å². The first-order valence-electron chi connectivity index (χ1n) is 5.93. The Kier molecular flexibility index (Phi) is 3.48. The summed E-state index contributed by atoms with van der Waals surface area (Å²) in [6, 6.07) is 1.86. The molecule has 7 nitrogen and oxygen atoms in total. The van der Waals surface area contributed by atoms with Gasteiger partial charge in [0.25, 0.3) is 0 Å². The lowest BCUT2D eigenvalue weighted by Crippen LogP contribution is -2.06. The average Bonchev–Trinajstić information content (AvgIpc) is 3.10. The molecule has 21 heavy (non-hydrogen) atoms. The summed E-state index contributed by atoms with van der Waals surface area (Å²) in [5.74, 6) is -1.05. The predicted octanol–water partition coefficient (Wildman–Crippen LogP) is 2.14. The SMILES string of the molecule is Cn1ncc(-c2cn(Cc3csc(Cl)c3)nn2)c1C(=O)O. The fourth-order valence-electron chi connectivity index (χ4n) is 1.99. The van der Waals surface area contributed by atoms with E-state index in [-0.39, 0.29) is 5.69 Å². The Morgan fingerprint density at radius 3 is 3.00 bits per heavy atom. The zero-order chi connectivity index (χ0) is 15.0. The van der Waals surface area contributed by atoms with Crippen molar-refractivity contribution in [2.75, 3.05) is 0 Å². The van der Waals surface area contributed by atoms with Crippen LogP contribution in [0.3, 0.4) is 0 Å². The van der Waals surface area contributed by atoms with Crippen molar-refractivity contribution in [1.29, 1.82) is 0 Å². The topological polar surface area (TPSA) is 85.8 Å². The van der Waals surface area contributed by atoms with Gasteiger partial charge in [0.2, 0.25) is 0 Å². The van der Waals surface area contributed by atoms with Crippen LogP contribution in [-0.4, -0.2) is 35.9 Å². The molecule has 0 unspecified atom stereocenters. The molecule has 9 heteroatoms. The molecule has 0 bridgehead atoms. The number of rotatable bonds is 4. The number of hydrogen-bond acceptors (Lipinski definition) is 5. The Labute approximate surface area is 128 Å². The maximum atomic E-state index is 11.2. The zero-order valence-electron chi connectivity index (χ0n) is 10.9. The number of halogens is 1. The Balaban J connectivity index is 1.90. The van der Waals surface area contributed by atoms with E-state index in [9.17, 15) is 9.90 Å². The van der Waals surface area contributed by atoms with Gasteiger partial charge < -0.3 is 5.11 Å². The molecular weight excluding hydrogens is 314 g/mol. The quantitative estimate of drug-likeness (QED) is 0.795. The molecular formula is C12H10ClN5O2S. The van der Waals surface area contributed by atoms with Gasteiger partial charge in [-0.05, 0) is 17.0 Å². The fraction of sp³-hybridized carbons (Fsp3) is 0.167. The van der Waals surface area contributed by atoms with E-state index in [2.05, 4.69) is 15.4 Å². The monoisotopic (exact) mass is 323 g/mol. The number of hydrogen-bond donors (Lipinski definition) is 1. The third-order valence-corrected chi connectivity index (χ3v) is 4.06. The third kappa shape index (κ3) is 2.67. The van der Waals surface area contributed by atoms with Crippen molar-refractivity contribution in [3.8, 4) is 11.3 Å². The minimum absolute atomic E-state index is 0.0839. The van der Waals surface area contributed by atoms with E-state index in [1.165, 1.54) is 22.2 Å². The van der Waals surface area contributed by atoms with Crippen LogP contribution in [0.5, 0.6) is 0 Å². The van der Waals surface area contributed by atoms with Crippen LogP contribution in [0.4, 0.5) is 0 Å². The molecule has 1 N–H and O–H groups in total. The largest absolute Gasteiger partial charge is 0.477 e. The van der Waals surface area contributed by atoms with Gasteiger partial charge in [0.05, 0.1) is 28.8 Å². The van der Waals surface area contributed by atoms with Crippen LogP contribution in [0.1, 0.15) is 16.1 Å². The molecule has 0 aromatic carbocycles. The number of aryl methyl sites for hydroxylation is 1. The summed E-state index contributed by atoms with van der Waals surface area (Å²) >= 11 is 7.33. The number of aromatic nitrogens is 5. The lowest BCUT2D eigenvalue weighted by Gasteiger charge is -1.97. The Bertz CT molecular complexity index is 806. The minimum atomic E-state index is -1.05. The highest BCUT2D eigenvalue weighted by atomic mass is 35.5. The van der Waals surface area contributed by atoms with Crippen molar-refractivity contribution in [3.63, 3.8) is 0 Å². The van der Waals surface area contributed by atoms with Crippen LogP contribution >= 0.6 is 22.9 Å². The number of thiophene rings is 1. The molecule has 0 amide bonds. The average molecular weight is 324 g/mol. The van der Waals surface area contributed by atoms with Crippen molar-refractivity contribution in [1.82, 2.24) is 24.8 Å². The molecule has 108 valence electrons. The molecule has 0 atom stereocenters. The molecule has 3 aromatic rings. The highest BCUT2D eigenvalue weighted by Crippen LogP contribution is 2.23. The van der Waals surface area contributed by atoms with E-state index in [4.69, 9.17) is 11.6 Å². The lowest BCUT2D eigenvalue weighted by atomic mass is 10.2. The van der Waals surface area contributed by atoms with Crippen LogP contribution in [0.25, 0.3) is 11.3 Å². The van der Waals surface area contributed by atoms with Gasteiger partial charge in [-0.3, -0.25) is 4.68 Å². The Morgan fingerprint density at radius 1 is 1.52 bits per heavy atom. The summed E-state index contributed by atoms with van der Waals surface area (Å²) < 4.78 is 3.65. The molecule has 0 radical (unpaired) electrons. The highest BCUT2D eigenvalue weighted by Gasteiger charge is 2.19. The fourth-order valence-corrected chi connectivity index (χ4v) is 2.89. The van der Waals surface area contributed by atoms with E-state index in [1.54, 1.807) is 17.9 Å². The van der Waals surface area contributed by atoms with Gasteiger partial charge in [-0.1, -0.05) is 16.8 Å². The molecule has 0 aliphatic rings. The molecule has 0 aliphatic heterocycles. The zero-order valence-corrected chi connectivity index (χ0v) is 12.5. The van der Waals surface area contributed by atoms with E-state index in [1.807, 2.05) is 11.4 Å². The van der Waals surface area contributed by atoms with Gasteiger partial charge in [0.15, 0.2) is 5.69 Å². The summed E-state index contributed by atoms with van der Waals surface area (Å²) in [5, 5.41) is 23.1. The van der Waals surface area contributed by atoms with Crippen LogP contribution in [0.15, 0.2) is 23.8 Å². The molecule has 3 rings (SSSR count). The van der Waals surface area contributed by atoms with Crippen LogP contribution in [0, 0.1) is 0 Å². The first kappa shape index (κ1) is 13.8. The molecule has 0 saturated heterocycles. The summed E-state index contributed by atoms with van der Waals surface area (Å²) in [4.78, 5) is 11.2. The Hall–Kier alpha value is -2.19. The summed E-state index contributed by atoms with van der Waals surface area (Å²) in [6.07, 6.45) is 3.16. The van der Waals surface area contributed by atoms with Crippen molar-refractivity contribution in [3.05, 3.63) is 39.4 Å². The maximum absolute atomic E-state index is 11.2. The van der Waals surface area contributed by atoms with Crippen LogP contribution in [0.2, 0.25) is 4.34 Å². The number of carboxylic acids is 1. The summed E-state index contributed by atoms with van der Waals surface area (Å²) in [5.41, 5.74) is 2.02. The maximum Gasteiger partial charge on any atom is 0.354 e. The summed E-state index contributed by atoms with van der Waals surface area (Å²) in [6.45, 7) is 0.527. The normalized spacial score (nSPS) is 11.0. The van der Waals surface area contributed by atoms with Gasteiger partial charge >= 0.3 is 5.97 Å². The van der Waals surface area contributed by atoms with Gasteiger partial charge in [0, 0.05) is 7.05 Å². The standard InChI is InChI=1S/C12H10ClN5O2S/c1-17-11(12(19)20)8(3-14-17)9-5-18(16-15-9)4-7-2-10(13)21-6-7/h2-3,5-6H,4H2,1H3,(H,19,20). The first-order valence-corrected chi connectivity index (χ1v) is 7.19. The van der Waals surface area contributed by atoms with E-state index < -0.39 is 5.97 Å². The first-order chi connectivity index (χ1) is 10.0. The van der Waals surface area contributed by atoms with Crippen LogP contribution < -0.4 is 0 Å². The third-order valence-electron chi connectivity index (χ3n) is 2.92. The second-order valence-electron chi connectivity index (χ2n) is 4.40.